The third-order valence-electron chi connectivity index (χ3n) is 3.83. The molecule has 0 fully saturated rings. The summed E-state index contributed by atoms with van der Waals surface area (Å²) in [5.41, 5.74) is 3.44. The van der Waals surface area contributed by atoms with Crippen LogP contribution in [0.4, 0.5) is 13.9 Å². The summed E-state index contributed by atoms with van der Waals surface area (Å²) in [4.78, 5) is 15.7. The van der Waals surface area contributed by atoms with E-state index in [1.165, 1.54) is 17.6 Å². The minimum Gasteiger partial charge on any atom is -0.490 e. The Balaban J connectivity index is 1.98. The second kappa shape index (κ2) is 12.1. The first kappa shape index (κ1) is 22.7. The van der Waals surface area contributed by atoms with Crippen molar-refractivity contribution in [1.29, 1.82) is 0 Å². The average molecular weight is 426 g/mol. The highest BCUT2D eigenvalue weighted by Crippen LogP contribution is 2.24. The number of ether oxygens (including phenoxy) is 2. The Kier molecular flexibility index (Phi) is 9.49. The number of carbonyl (C=O) groups is 1. The molecule has 6 nitrogen and oxygen atoms in total. The highest BCUT2D eigenvalue weighted by Gasteiger charge is 2.12. The second-order valence-corrected chi connectivity index (χ2v) is 7.07. The minimum absolute atomic E-state index is 0.0319. The van der Waals surface area contributed by atoms with Gasteiger partial charge in [0.25, 0.3) is 0 Å². The van der Waals surface area contributed by atoms with Gasteiger partial charge in [-0.25, -0.2) is 13.8 Å². The van der Waals surface area contributed by atoms with Crippen LogP contribution >= 0.6 is 11.3 Å². The Bertz CT molecular complexity index is 827. The van der Waals surface area contributed by atoms with Gasteiger partial charge in [0.1, 0.15) is 5.82 Å². The van der Waals surface area contributed by atoms with Gasteiger partial charge in [0.05, 0.1) is 31.5 Å². The molecule has 1 aromatic carbocycles. The van der Waals surface area contributed by atoms with Gasteiger partial charge in [-0.3, -0.25) is 10.2 Å². The van der Waals surface area contributed by atoms with E-state index in [-0.39, 0.29) is 23.7 Å². The number of nitrogens with zero attached hydrogens (tertiary/aromatic N) is 2. The number of esters is 1. The van der Waals surface area contributed by atoms with Crippen molar-refractivity contribution in [3.05, 3.63) is 40.4 Å². The summed E-state index contributed by atoms with van der Waals surface area (Å²) < 4.78 is 38.1. The van der Waals surface area contributed by atoms with Crippen LogP contribution in [0.25, 0.3) is 0 Å². The molecular formula is C20H25F2N3O3S. The molecule has 0 bridgehead atoms. The molecule has 0 saturated carbocycles. The van der Waals surface area contributed by atoms with Crippen LogP contribution in [0.1, 0.15) is 50.8 Å². The molecule has 1 heterocycles. The van der Waals surface area contributed by atoms with E-state index >= 15 is 0 Å². The lowest BCUT2D eigenvalue weighted by Crippen LogP contribution is -2.07. The number of halogens is 2. The Hall–Kier alpha value is -2.55. The molecule has 29 heavy (non-hydrogen) atoms. The Morgan fingerprint density at radius 2 is 2.10 bits per heavy atom. The highest BCUT2D eigenvalue weighted by atomic mass is 32.1. The number of hydrogen-bond acceptors (Lipinski definition) is 7. The molecule has 2 rings (SSSR count). The molecule has 0 saturated heterocycles. The summed E-state index contributed by atoms with van der Waals surface area (Å²) in [5, 5.41) is 6.14. The van der Waals surface area contributed by atoms with Crippen molar-refractivity contribution < 1.29 is 23.0 Å². The standard InChI is InChI=1S/C20H25F2N3O3S/c1-3-5-6-7-8-28-19-14(9-15(21)10-17(19)22)12-23-25-20-24-16(13-29-20)11-18(26)27-4-2/h9-10,12-13H,3-8,11H2,1-2H3,(H,24,25). The Morgan fingerprint density at radius 3 is 2.86 bits per heavy atom. The number of aromatic nitrogens is 1. The van der Waals surface area contributed by atoms with Crippen molar-refractivity contribution in [3.63, 3.8) is 0 Å². The average Bonchev–Trinajstić information content (AvgIpc) is 3.10. The second-order valence-electron chi connectivity index (χ2n) is 6.21. The molecule has 0 spiro atoms. The first-order valence-corrected chi connectivity index (χ1v) is 10.4. The molecule has 2 aromatic rings. The number of anilines is 1. The number of rotatable bonds is 12. The summed E-state index contributed by atoms with van der Waals surface area (Å²) in [6, 6.07) is 1.94. The van der Waals surface area contributed by atoms with Gasteiger partial charge in [-0.05, 0) is 19.4 Å². The minimum atomic E-state index is -0.770. The van der Waals surface area contributed by atoms with Gasteiger partial charge in [-0.2, -0.15) is 5.10 Å². The first-order valence-electron chi connectivity index (χ1n) is 9.54. The number of benzene rings is 1. The van der Waals surface area contributed by atoms with Crippen molar-refractivity contribution in [2.24, 2.45) is 5.10 Å². The molecule has 158 valence electrons. The smallest absolute Gasteiger partial charge is 0.311 e. The first-order chi connectivity index (χ1) is 14.0. The van der Waals surface area contributed by atoms with E-state index in [0.717, 1.165) is 37.8 Å². The quantitative estimate of drug-likeness (QED) is 0.226. The topological polar surface area (TPSA) is 72.8 Å². The maximum atomic E-state index is 14.1. The van der Waals surface area contributed by atoms with Gasteiger partial charge in [0, 0.05) is 17.0 Å². The van der Waals surface area contributed by atoms with Crippen molar-refractivity contribution in [1.82, 2.24) is 4.98 Å². The normalized spacial score (nSPS) is 11.0. The zero-order valence-corrected chi connectivity index (χ0v) is 17.4. The van der Waals surface area contributed by atoms with Crippen LogP contribution in [-0.2, 0) is 16.0 Å². The van der Waals surface area contributed by atoms with Gasteiger partial charge in [0.15, 0.2) is 11.6 Å². The third-order valence-corrected chi connectivity index (χ3v) is 4.62. The number of thiazole rings is 1. The predicted molar refractivity (Wildman–Crippen MR) is 110 cm³/mol. The number of nitrogens with one attached hydrogen (secondary N) is 1. The van der Waals surface area contributed by atoms with Gasteiger partial charge in [-0.1, -0.05) is 26.2 Å². The molecule has 1 aromatic heterocycles. The van der Waals surface area contributed by atoms with Crippen molar-refractivity contribution in [2.45, 2.75) is 46.0 Å². The van der Waals surface area contributed by atoms with Crippen LogP contribution in [0.15, 0.2) is 22.6 Å². The number of carbonyl (C=O) groups excluding carboxylic acids is 1. The van der Waals surface area contributed by atoms with Crippen LogP contribution in [0, 0.1) is 11.6 Å². The summed E-state index contributed by atoms with van der Waals surface area (Å²) in [5.74, 6) is -1.87. The fourth-order valence-corrected chi connectivity index (χ4v) is 3.15. The van der Waals surface area contributed by atoms with Crippen molar-refractivity contribution in [2.75, 3.05) is 18.6 Å². The number of unbranched alkanes of at least 4 members (excludes halogenated alkanes) is 3. The molecule has 0 radical (unpaired) electrons. The summed E-state index contributed by atoms with van der Waals surface area (Å²) in [6.07, 6.45) is 5.30. The molecular weight excluding hydrogens is 400 g/mol. The van der Waals surface area contributed by atoms with E-state index in [4.69, 9.17) is 9.47 Å². The molecule has 0 amide bonds. The molecule has 0 unspecified atom stereocenters. The Labute approximate surface area is 172 Å². The SMILES string of the molecule is CCCCCCOc1c(F)cc(F)cc1C=NNc1nc(CC(=O)OCC)cs1. The van der Waals surface area contributed by atoms with Crippen LogP contribution in [-0.4, -0.2) is 30.4 Å². The largest absolute Gasteiger partial charge is 0.490 e. The zero-order chi connectivity index (χ0) is 21.1. The van der Waals surface area contributed by atoms with Gasteiger partial charge < -0.3 is 9.47 Å². The Morgan fingerprint density at radius 1 is 1.28 bits per heavy atom. The van der Waals surface area contributed by atoms with Crippen LogP contribution < -0.4 is 10.2 Å². The molecule has 0 aliphatic rings. The lowest BCUT2D eigenvalue weighted by Gasteiger charge is -2.10. The molecule has 1 N–H and O–H groups in total. The summed E-state index contributed by atoms with van der Waals surface area (Å²) >= 11 is 1.25. The number of hydrogen-bond donors (Lipinski definition) is 1. The maximum absolute atomic E-state index is 14.1. The van der Waals surface area contributed by atoms with Gasteiger partial charge in [-0.15, -0.1) is 11.3 Å². The van der Waals surface area contributed by atoms with Crippen LogP contribution in [0.5, 0.6) is 5.75 Å². The molecule has 0 aliphatic carbocycles. The van der Waals surface area contributed by atoms with E-state index < -0.39 is 11.6 Å². The lowest BCUT2D eigenvalue weighted by molar-refractivity contribution is -0.142. The predicted octanol–water partition coefficient (Wildman–Crippen LogP) is 4.93. The van der Waals surface area contributed by atoms with Crippen LogP contribution in [0.2, 0.25) is 0 Å². The van der Waals surface area contributed by atoms with Crippen molar-refractivity contribution in [3.8, 4) is 5.75 Å². The van der Waals surface area contributed by atoms with E-state index in [9.17, 15) is 13.6 Å². The summed E-state index contributed by atoms with van der Waals surface area (Å²) in [7, 11) is 0. The zero-order valence-electron chi connectivity index (χ0n) is 16.5. The third kappa shape index (κ3) is 7.77. The van der Waals surface area contributed by atoms with Crippen molar-refractivity contribution >= 4 is 28.7 Å². The van der Waals surface area contributed by atoms with E-state index in [1.54, 1.807) is 12.3 Å². The van der Waals surface area contributed by atoms with E-state index in [2.05, 4.69) is 22.4 Å². The fourth-order valence-electron chi connectivity index (χ4n) is 2.49. The maximum Gasteiger partial charge on any atom is 0.311 e. The lowest BCUT2D eigenvalue weighted by atomic mass is 10.2. The molecule has 0 atom stereocenters. The van der Waals surface area contributed by atoms with Gasteiger partial charge in [0.2, 0.25) is 5.13 Å². The highest BCUT2D eigenvalue weighted by molar-refractivity contribution is 7.13. The van der Waals surface area contributed by atoms with E-state index in [0.29, 0.717) is 24.0 Å². The van der Waals surface area contributed by atoms with E-state index in [1.807, 2.05) is 0 Å². The monoisotopic (exact) mass is 425 g/mol. The molecule has 0 aliphatic heterocycles. The van der Waals surface area contributed by atoms with Crippen LogP contribution in [0.3, 0.4) is 0 Å². The number of hydrazone groups is 1. The van der Waals surface area contributed by atoms with Gasteiger partial charge >= 0.3 is 5.97 Å². The molecule has 9 heteroatoms. The fraction of sp³-hybridized carbons (Fsp3) is 0.450. The summed E-state index contributed by atoms with van der Waals surface area (Å²) in [6.45, 7) is 4.50.